The lowest BCUT2D eigenvalue weighted by atomic mass is 10.2. The number of rotatable bonds is 7. The van der Waals surface area contributed by atoms with Crippen LogP contribution in [-0.4, -0.2) is 29.3 Å². The minimum Gasteiger partial charge on any atom is -0.502 e. The zero-order valence-electron chi connectivity index (χ0n) is 15.1. The summed E-state index contributed by atoms with van der Waals surface area (Å²) in [5, 5.41) is 20.3. The van der Waals surface area contributed by atoms with E-state index in [9.17, 15) is 28.4 Å². The molecule has 0 aliphatic carbocycles. The summed E-state index contributed by atoms with van der Waals surface area (Å²) in [7, 11) is -4.17. The number of nitrogens with one attached hydrogen (secondary N) is 1. The topological polar surface area (TPSA) is 175 Å². The third-order valence-electron chi connectivity index (χ3n) is 3.78. The number of carbonyl (C=O) groups excluding carboxylic acids is 1. The number of amides is 1. The van der Waals surface area contributed by atoms with Gasteiger partial charge in [-0.05, 0) is 36.4 Å². The molecule has 0 radical (unpaired) electrons. The van der Waals surface area contributed by atoms with Crippen molar-refractivity contribution in [2.75, 3.05) is 4.72 Å². The minimum atomic E-state index is -4.17. The number of nitrogens with zero attached hydrogens (tertiary/aromatic N) is 2. The van der Waals surface area contributed by atoms with Gasteiger partial charge in [0, 0.05) is 17.7 Å². The van der Waals surface area contributed by atoms with E-state index < -0.39 is 37.2 Å². The molecule has 0 bridgehead atoms. The van der Waals surface area contributed by atoms with Crippen molar-refractivity contribution in [2.45, 2.75) is 4.90 Å². The quantitative estimate of drug-likeness (QED) is 0.378. The highest BCUT2D eigenvalue weighted by atomic mass is 32.2. The highest BCUT2D eigenvalue weighted by molar-refractivity contribution is 7.92. The average Bonchev–Trinajstić information content (AvgIpc) is 2.69. The van der Waals surface area contributed by atoms with Gasteiger partial charge in [0.2, 0.25) is 11.8 Å². The second-order valence-corrected chi connectivity index (χ2v) is 7.57. The Labute approximate surface area is 170 Å². The summed E-state index contributed by atoms with van der Waals surface area (Å²) in [6.07, 6.45) is 1.18. The number of pyridine rings is 1. The number of carbonyl (C=O) groups is 1. The summed E-state index contributed by atoms with van der Waals surface area (Å²) >= 11 is 0. The zero-order valence-corrected chi connectivity index (χ0v) is 15.9. The van der Waals surface area contributed by atoms with Gasteiger partial charge in [0.05, 0.1) is 21.7 Å². The van der Waals surface area contributed by atoms with E-state index in [4.69, 9.17) is 10.5 Å². The molecule has 0 saturated heterocycles. The van der Waals surface area contributed by atoms with E-state index in [2.05, 4.69) is 9.71 Å². The molecule has 1 heterocycles. The van der Waals surface area contributed by atoms with Gasteiger partial charge >= 0.3 is 5.69 Å². The van der Waals surface area contributed by atoms with Crippen LogP contribution in [0.4, 0.5) is 11.4 Å². The SMILES string of the molecule is NC(=O)c1cccc(Oc2ccc(NS(=O)(=O)c3ccc(O)c([N+](=O)[O-])c3)cn2)c1. The van der Waals surface area contributed by atoms with Gasteiger partial charge in [-0.15, -0.1) is 0 Å². The second-order valence-electron chi connectivity index (χ2n) is 5.89. The largest absolute Gasteiger partial charge is 0.502 e. The smallest absolute Gasteiger partial charge is 0.312 e. The molecule has 1 aromatic heterocycles. The molecule has 3 aromatic rings. The maximum absolute atomic E-state index is 12.4. The van der Waals surface area contributed by atoms with Gasteiger partial charge in [-0.25, -0.2) is 13.4 Å². The number of ether oxygens (including phenoxy) is 1. The number of nitro groups is 1. The van der Waals surface area contributed by atoms with Crippen molar-refractivity contribution in [3.05, 3.63) is 76.5 Å². The van der Waals surface area contributed by atoms with Crippen molar-refractivity contribution >= 4 is 27.3 Å². The molecule has 0 spiro atoms. The molecule has 0 aliphatic heterocycles. The number of hydrogen-bond acceptors (Lipinski definition) is 8. The monoisotopic (exact) mass is 430 g/mol. The number of primary amides is 1. The zero-order chi connectivity index (χ0) is 21.9. The van der Waals surface area contributed by atoms with Gasteiger partial charge in [-0.2, -0.15) is 0 Å². The van der Waals surface area contributed by atoms with Crippen LogP contribution in [0.25, 0.3) is 0 Å². The predicted octanol–water partition coefficient (Wildman–Crippen LogP) is 2.39. The number of aromatic hydroxyl groups is 1. The highest BCUT2D eigenvalue weighted by Gasteiger charge is 2.21. The molecule has 0 saturated carbocycles. The molecule has 0 fully saturated rings. The van der Waals surface area contributed by atoms with E-state index in [1.165, 1.54) is 30.5 Å². The van der Waals surface area contributed by atoms with Crippen molar-refractivity contribution in [3.63, 3.8) is 0 Å². The van der Waals surface area contributed by atoms with Gasteiger partial charge in [-0.3, -0.25) is 19.6 Å². The van der Waals surface area contributed by atoms with Crippen LogP contribution in [-0.2, 0) is 10.0 Å². The van der Waals surface area contributed by atoms with Gasteiger partial charge in [0.15, 0.2) is 5.75 Å². The summed E-state index contributed by atoms with van der Waals surface area (Å²) < 4.78 is 32.6. The maximum atomic E-state index is 12.4. The highest BCUT2D eigenvalue weighted by Crippen LogP contribution is 2.29. The Morgan fingerprint density at radius 2 is 1.93 bits per heavy atom. The van der Waals surface area contributed by atoms with E-state index in [1.807, 2.05) is 0 Å². The van der Waals surface area contributed by atoms with Gasteiger partial charge < -0.3 is 15.6 Å². The van der Waals surface area contributed by atoms with Crippen LogP contribution in [0.3, 0.4) is 0 Å². The third kappa shape index (κ3) is 4.62. The molecule has 0 aliphatic rings. The first-order chi connectivity index (χ1) is 14.2. The fourth-order valence-corrected chi connectivity index (χ4v) is 3.43. The molecule has 2 aromatic carbocycles. The van der Waals surface area contributed by atoms with Gasteiger partial charge in [0.1, 0.15) is 5.75 Å². The van der Waals surface area contributed by atoms with E-state index in [-0.39, 0.29) is 17.1 Å². The molecule has 1 amide bonds. The maximum Gasteiger partial charge on any atom is 0.312 e. The molecule has 12 heteroatoms. The predicted molar refractivity (Wildman–Crippen MR) is 105 cm³/mol. The standard InChI is InChI=1S/C18H14N4O7S/c19-18(24)11-2-1-3-13(8-11)29-17-7-4-12(10-20-17)21-30(27,28)14-5-6-16(23)15(9-14)22(25)26/h1-10,21,23H,(H2,19,24). The molecule has 4 N–H and O–H groups in total. The van der Waals surface area contributed by atoms with Gasteiger partial charge in [-0.1, -0.05) is 6.07 Å². The molecule has 30 heavy (non-hydrogen) atoms. The van der Waals surface area contributed by atoms with Crippen LogP contribution in [0, 0.1) is 10.1 Å². The Kier molecular flexibility index (Phi) is 5.51. The molecule has 0 unspecified atom stereocenters. The molecular weight excluding hydrogens is 416 g/mol. The number of phenols is 1. The Morgan fingerprint density at radius 3 is 2.57 bits per heavy atom. The summed E-state index contributed by atoms with van der Waals surface area (Å²) in [5.74, 6) is -0.835. The number of hydrogen-bond donors (Lipinski definition) is 3. The fourth-order valence-electron chi connectivity index (χ4n) is 2.37. The van der Waals surface area contributed by atoms with Crippen molar-refractivity contribution in [1.82, 2.24) is 4.98 Å². The first kappa shape index (κ1) is 20.5. The molecule has 11 nitrogen and oxygen atoms in total. The van der Waals surface area contributed by atoms with Crippen LogP contribution in [0.5, 0.6) is 17.4 Å². The molecule has 3 rings (SSSR count). The van der Waals surface area contributed by atoms with Crippen molar-refractivity contribution in [1.29, 1.82) is 0 Å². The lowest BCUT2D eigenvalue weighted by Crippen LogP contribution is -2.13. The average molecular weight is 430 g/mol. The Morgan fingerprint density at radius 1 is 1.17 bits per heavy atom. The summed E-state index contributed by atoms with van der Waals surface area (Å²) in [6.45, 7) is 0. The second kappa shape index (κ2) is 8.05. The number of benzene rings is 2. The summed E-state index contributed by atoms with van der Waals surface area (Å²) in [4.78, 5) is 24.8. The number of nitrogens with two attached hydrogens (primary N) is 1. The Hall–Kier alpha value is -4.19. The first-order valence-corrected chi connectivity index (χ1v) is 9.68. The van der Waals surface area contributed by atoms with Crippen molar-refractivity contribution in [2.24, 2.45) is 5.73 Å². The van der Waals surface area contributed by atoms with Crippen molar-refractivity contribution < 1.29 is 28.0 Å². The minimum absolute atomic E-state index is 0.0731. The lowest BCUT2D eigenvalue weighted by Gasteiger charge is -2.09. The lowest BCUT2D eigenvalue weighted by molar-refractivity contribution is -0.386. The number of sulfonamides is 1. The number of anilines is 1. The van der Waals surface area contributed by atoms with Crippen molar-refractivity contribution in [3.8, 4) is 17.4 Å². The van der Waals surface area contributed by atoms with Crippen LogP contribution in [0.15, 0.2) is 65.7 Å². The molecule has 0 atom stereocenters. The fraction of sp³-hybridized carbons (Fsp3) is 0. The number of aromatic nitrogens is 1. The molecular formula is C18H14N4O7S. The molecule has 154 valence electrons. The van der Waals surface area contributed by atoms with Crippen LogP contribution in [0.1, 0.15) is 10.4 Å². The van der Waals surface area contributed by atoms with Gasteiger partial charge in [0.25, 0.3) is 10.0 Å². The van der Waals surface area contributed by atoms with Crippen LogP contribution in [0.2, 0.25) is 0 Å². The normalized spacial score (nSPS) is 10.9. The summed E-state index contributed by atoms with van der Waals surface area (Å²) in [6, 6.07) is 11.6. The first-order valence-electron chi connectivity index (χ1n) is 8.20. The van der Waals surface area contributed by atoms with E-state index in [1.54, 1.807) is 12.1 Å². The Balaban J connectivity index is 1.77. The van der Waals surface area contributed by atoms with E-state index in [0.717, 1.165) is 18.2 Å². The summed E-state index contributed by atoms with van der Waals surface area (Å²) in [5.41, 5.74) is 4.80. The Bertz CT molecular complexity index is 1230. The number of nitro benzene ring substituents is 1. The number of phenolic OH excluding ortho intramolecular Hbond substituents is 1. The third-order valence-corrected chi connectivity index (χ3v) is 5.16. The van der Waals surface area contributed by atoms with E-state index in [0.29, 0.717) is 5.75 Å². The van der Waals surface area contributed by atoms with E-state index >= 15 is 0 Å². The van der Waals surface area contributed by atoms with Crippen LogP contribution < -0.4 is 15.2 Å². The van der Waals surface area contributed by atoms with Crippen LogP contribution >= 0.6 is 0 Å².